The van der Waals surface area contributed by atoms with Crippen molar-refractivity contribution in [2.75, 3.05) is 6.79 Å². The molecule has 0 saturated carbocycles. The highest BCUT2D eigenvalue weighted by Crippen LogP contribution is 2.34. The number of halogens is 1. The van der Waals surface area contributed by atoms with Gasteiger partial charge in [-0.1, -0.05) is 29.8 Å². The zero-order valence-electron chi connectivity index (χ0n) is 14.4. The molecule has 1 N–H and O–H groups in total. The lowest BCUT2D eigenvalue weighted by molar-refractivity contribution is -0.122. The third-order valence-electron chi connectivity index (χ3n) is 4.13. The van der Waals surface area contributed by atoms with E-state index < -0.39 is 0 Å². The highest BCUT2D eigenvalue weighted by molar-refractivity contribution is 6.33. The standard InChI is InChI=1S/C18H16ClN5O3/c1-11(12-6-7-15-16(8-12)27-10-26-15)20-17(25)9-24-22-18(21-23-24)13-4-2-3-5-14(13)19/h2-8,11H,9-10H2,1H3,(H,20,25)/t11-/m0/s1. The van der Waals surface area contributed by atoms with E-state index in [4.69, 9.17) is 21.1 Å². The Balaban J connectivity index is 1.40. The van der Waals surface area contributed by atoms with Crippen LogP contribution in [0.4, 0.5) is 0 Å². The van der Waals surface area contributed by atoms with Crippen molar-refractivity contribution in [2.45, 2.75) is 19.5 Å². The second kappa shape index (κ2) is 7.24. The van der Waals surface area contributed by atoms with Gasteiger partial charge in [0.05, 0.1) is 11.1 Å². The summed E-state index contributed by atoms with van der Waals surface area (Å²) in [4.78, 5) is 13.6. The lowest BCUT2D eigenvalue weighted by atomic mass is 10.1. The zero-order chi connectivity index (χ0) is 18.8. The summed E-state index contributed by atoms with van der Waals surface area (Å²) in [6.45, 7) is 2.05. The molecule has 1 atom stereocenters. The highest BCUT2D eigenvalue weighted by Gasteiger charge is 2.18. The first kappa shape index (κ1) is 17.3. The lowest BCUT2D eigenvalue weighted by Gasteiger charge is -2.14. The number of hydrogen-bond donors (Lipinski definition) is 1. The van der Waals surface area contributed by atoms with Gasteiger partial charge in [-0.05, 0) is 42.0 Å². The summed E-state index contributed by atoms with van der Waals surface area (Å²) in [6.07, 6.45) is 0. The molecule has 0 saturated heterocycles. The fraction of sp³-hybridized carbons (Fsp3) is 0.222. The predicted octanol–water partition coefficient (Wildman–Crippen LogP) is 2.60. The fourth-order valence-electron chi connectivity index (χ4n) is 2.74. The minimum Gasteiger partial charge on any atom is -0.454 e. The van der Waals surface area contributed by atoms with E-state index in [1.54, 1.807) is 12.1 Å². The molecule has 2 aromatic carbocycles. The average Bonchev–Trinajstić information content (AvgIpc) is 3.30. The lowest BCUT2D eigenvalue weighted by Crippen LogP contribution is -2.30. The maximum absolute atomic E-state index is 12.3. The Kier molecular flexibility index (Phi) is 4.64. The van der Waals surface area contributed by atoms with E-state index in [9.17, 15) is 4.79 Å². The van der Waals surface area contributed by atoms with E-state index in [1.807, 2.05) is 37.3 Å². The molecule has 138 valence electrons. The van der Waals surface area contributed by atoms with Gasteiger partial charge in [0.1, 0.15) is 6.54 Å². The zero-order valence-corrected chi connectivity index (χ0v) is 15.2. The Morgan fingerprint density at radius 3 is 2.93 bits per heavy atom. The molecule has 8 nitrogen and oxygen atoms in total. The van der Waals surface area contributed by atoms with Crippen LogP contribution in [0.1, 0.15) is 18.5 Å². The summed E-state index contributed by atoms with van der Waals surface area (Å²) in [7, 11) is 0. The number of carbonyl (C=O) groups excluding carboxylic acids is 1. The SMILES string of the molecule is C[C@H](NC(=O)Cn1nnc(-c2ccccc2Cl)n1)c1ccc2c(c1)OCO2. The molecule has 0 aliphatic carbocycles. The number of tetrazole rings is 1. The van der Waals surface area contributed by atoms with Crippen LogP contribution < -0.4 is 14.8 Å². The molecule has 9 heteroatoms. The number of hydrogen-bond acceptors (Lipinski definition) is 6. The largest absolute Gasteiger partial charge is 0.454 e. The number of aromatic nitrogens is 4. The smallest absolute Gasteiger partial charge is 0.244 e. The predicted molar refractivity (Wildman–Crippen MR) is 97.4 cm³/mol. The molecule has 2 heterocycles. The minimum atomic E-state index is -0.233. The van der Waals surface area contributed by atoms with Gasteiger partial charge >= 0.3 is 0 Å². The van der Waals surface area contributed by atoms with E-state index in [-0.39, 0.29) is 25.3 Å². The molecule has 1 aliphatic heterocycles. The topological polar surface area (TPSA) is 91.2 Å². The first-order valence-corrected chi connectivity index (χ1v) is 8.69. The van der Waals surface area contributed by atoms with Gasteiger partial charge in [-0.3, -0.25) is 4.79 Å². The first-order valence-electron chi connectivity index (χ1n) is 8.32. The maximum atomic E-state index is 12.3. The second-order valence-electron chi connectivity index (χ2n) is 6.03. The number of fused-ring (bicyclic) bond motifs is 1. The van der Waals surface area contributed by atoms with Gasteiger partial charge in [-0.2, -0.15) is 4.80 Å². The Hall–Kier alpha value is -3.13. The summed E-state index contributed by atoms with van der Waals surface area (Å²) in [5.41, 5.74) is 1.58. The van der Waals surface area contributed by atoms with Crippen molar-refractivity contribution < 1.29 is 14.3 Å². The van der Waals surface area contributed by atoms with Crippen molar-refractivity contribution >= 4 is 17.5 Å². The fourth-order valence-corrected chi connectivity index (χ4v) is 2.96. The second-order valence-corrected chi connectivity index (χ2v) is 6.43. The quantitative estimate of drug-likeness (QED) is 0.725. The molecule has 0 unspecified atom stereocenters. The number of ether oxygens (including phenoxy) is 2. The number of rotatable bonds is 5. The van der Waals surface area contributed by atoms with Crippen LogP contribution in [0.15, 0.2) is 42.5 Å². The van der Waals surface area contributed by atoms with Crippen LogP contribution >= 0.6 is 11.6 Å². The van der Waals surface area contributed by atoms with Crippen molar-refractivity contribution in [3.63, 3.8) is 0 Å². The molecule has 0 bridgehead atoms. The molecule has 3 aromatic rings. The molecule has 1 amide bonds. The highest BCUT2D eigenvalue weighted by atomic mass is 35.5. The minimum absolute atomic E-state index is 0.0493. The van der Waals surface area contributed by atoms with E-state index in [0.717, 1.165) is 5.56 Å². The maximum Gasteiger partial charge on any atom is 0.244 e. The molecular formula is C18H16ClN5O3. The third kappa shape index (κ3) is 3.70. The van der Waals surface area contributed by atoms with Crippen LogP contribution in [0.5, 0.6) is 11.5 Å². The van der Waals surface area contributed by atoms with Crippen molar-refractivity contribution in [1.82, 2.24) is 25.5 Å². The van der Waals surface area contributed by atoms with Gasteiger partial charge in [0, 0.05) is 5.56 Å². The number of carbonyl (C=O) groups is 1. The molecule has 0 fully saturated rings. The summed E-state index contributed by atoms with van der Waals surface area (Å²) < 4.78 is 10.7. The van der Waals surface area contributed by atoms with E-state index >= 15 is 0 Å². The van der Waals surface area contributed by atoms with E-state index in [2.05, 4.69) is 20.7 Å². The van der Waals surface area contributed by atoms with Crippen molar-refractivity contribution in [3.05, 3.63) is 53.1 Å². The molecule has 1 aromatic heterocycles. The molecule has 1 aliphatic rings. The third-order valence-corrected chi connectivity index (χ3v) is 4.46. The van der Waals surface area contributed by atoms with Crippen molar-refractivity contribution in [3.8, 4) is 22.9 Å². The molecule has 0 spiro atoms. The van der Waals surface area contributed by atoms with Crippen LogP contribution in [-0.2, 0) is 11.3 Å². The van der Waals surface area contributed by atoms with Crippen LogP contribution in [0.2, 0.25) is 5.02 Å². The average molecular weight is 386 g/mol. The van der Waals surface area contributed by atoms with Gasteiger partial charge in [-0.25, -0.2) is 0 Å². The normalized spacial score (nSPS) is 13.4. The van der Waals surface area contributed by atoms with E-state index in [0.29, 0.717) is 27.9 Å². The number of nitrogens with one attached hydrogen (secondary N) is 1. The van der Waals surface area contributed by atoms with Gasteiger partial charge < -0.3 is 14.8 Å². The Morgan fingerprint density at radius 2 is 2.07 bits per heavy atom. The summed E-state index contributed by atoms with van der Waals surface area (Å²) >= 11 is 6.14. The van der Waals surface area contributed by atoms with Crippen molar-refractivity contribution in [1.29, 1.82) is 0 Å². The molecular weight excluding hydrogens is 370 g/mol. The number of nitrogens with zero attached hydrogens (tertiary/aromatic N) is 4. The Bertz CT molecular complexity index is 991. The van der Waals surface area contributed by atoms with Crippen LogP contribution in [-0.4, -0.2) is 32.9 Å². The summed E-state index contributed by atoms with van der Waals surface area (Å²) in [5.74, 6) is 1.52. The number of benzene rings is 2. The van der Waals surface area contributed by atoms with Gasteiger partial charge in [0.15, 0.2) is 11.5 Å². The first-order chi connectivity index (χ1) is 13.1. The monoisotopic (exact) mass is 385 g/mol. The summed E-state index contributed by atoms with van der Waals surface area (Å²) in [6, 6.07) is 12.6. The van der Waals surface area contributed by atoms with Crippen LogP contribution in [0, 0.1) is 0 Å². The molecule has 0 radical (unpaired) electrons. The van der Waals surface area contributed by atoms with E-state index in [1.165, 1.54) is 4.80 Å². The Labute approximate surface area is 160 Å². The molecule has 4 rings (SSSR count). The molecule has 27 heavy (non-hydrogen) atoms. The summed E-state index contributed by atoms with van der Waals surface area (Å²) in [5, 5.41) is 15.5. The van der Waals surface area contributed by atoms with Crippen molar-refractivity contribution in [2.24, 2.45) is 0 Å². The van der Waals surface area contributed by atoms with Gasteiger partial charge in [-0.15, -0.1) is 10.2 Å². The van der Waals surface area contributed by atoms with Crippen LogP contribution in [0.3, 0.4) is 0 Å². The van der Waals surface area contributed by atoms with Gasteiger partial charge in [0.2, 0.25) is 18.5 Å². The Morgan fingerprint density at radius 1 is 1.26 bits per heavy atom. The number of amides is 1. The van der Waals surface area contributed by atoms with Crippen LogP contribution in [0.25, 0.3) is 11.4 Å². The van der Waals surface area contributed by atoms with Gasteiger partial charge in [0.25, 0.3) is 0 Å².